The molecule has 0 aliphatic carbocycles. The molecule has 0 amide bonds. The molecule has 7 heteroatoms. The Balaban J connectivity index is 0.000000339. The first-order valence-electron chi connectivity index (χ1n) is 6.96. The molecule has 6 N–H and O–H groups in total. The van der Waals surface area contributed by atoms with Crippen molar-refractivity contribution < 1.29 is 14.2 Å². The van der Waals surface area contributed by atoms with Gasteiger partial charge in [-0.25, -0.2) is 0 Å². The first-order chi connectivity index (χ1) is 9.30. The molecule has 3 saturated heterocycles. The Hall–Kier alpha value is -0.280. The van der Waals surface area contributed by atoms with Crippen molar-refractivity contribution >= 4 is 0 Å². The molecule has 3 rings (SSSR count). The highest BCUT2D eigenvalue weighted by molar-refractivity contribution is 4.73. The van der Waals surface area contributed by atoms with Crippen molar-refractivity contribution in [1.82, 2.24) is 10.6 Å². The minimum absolute atomic E-state index is 0. The fourth-order valence-electron chi connectivity index (χ4n) is 1.23. The molecule has 3 unspecified atom stereocenters. The zero-order chi connectivity index (χ0) is 13.9. The lowest BCUT2D eigenvalue weighted by Crippen LogP contribution is -2.33. The molecule has 0 aromatic carbocycles. The molecule has 122 valence electrons. The van der Waals surface area contributed by atoms with Crippen LogP contribution < -0.4 is 22.1 Å². The van der Waals surface area contributed by atoms with Gasteiger partial charge in [-0.3, -0.25) is 0 Å². The van der Waals surface area contributed by atoms with E-state index in [4.69, 9.17) is 14.2 Å². The molecule has 3 atom stereocenters. The number of nitrogens with two attached hydrogens (primary N) is 2. The molecule has 3 aliphatic rings. The minimum Gasteiger partial charge on any atom is -0.373 e. The molecule has 0 spiro atoms. The van der Waals surface area contributed by atoms with E-state index < -0.39 is 0 Å². The molecular formula is C13H32N4O3. The van der Waals surface area contributed by atoms with Crippen molar-refractivity contribution in [3.8, 4) is 0 Å². The van der Waals surface area contributed by atoms with Gasteiger partial charge in [0.15, 0.2) is 0 Å². The van der Waals surface area contributed by atoms with Crippen molar-refractivity contribution in [3.63, 3.8) is 0 Å². The van der Waals surface area contributed by atoms with Gasteiger partial charge in [0.1, 0.15) is 0 Å². The van der Waals surface area contributed by atoms with E-state index in [1.165, 1.54) is 6.42 Å². The Morgan fingerprint density at radius 3 is 1.45 bits per heavy atom. The largest absolute Gasteiger partial charge is 0.373 e. The number of nitrogens with one attached hydrogen (secondary N) is 2. The van der Waals surface area contributed by atoms with E-state index >= 15 is 0 Å². The van der Waals surface area contributed by atoms with Crippen LogP contribution in [0.15, 0.2) is 0 Å². The highest BCUT2D eigenvalue weighted by Crippen LogP contribution is 2.10. The van der Waals surface area contributed by atoms with E-state index in [1.807, 2.05) is 0 Å². The summed E-state index contributed by atoms with van der Waals surface area (Å²) < 4.78 is 14.9. The van der Waals surface area contributed by atoms with Crippen molar-refractivity contribution in [1.29, 1.82) is 0 Å². The molecule has 0 aromatic rings. The Morgan fingerprint density at radius 1 is 0.900 bits per heavy atom. The lowest BCUT2D eigenvalue weighted by atomic mass is 10.4. The van der Waals surface area contributed by atoms with Crippen LogP contribution in [0.25, 0.3) is 0 Å². The fraction of sp³-hybridized carbons (Fsp3) is 1.00. The quantitative estimate of drug-likeness (QED) is 0.276. The predicted molar refractivity (Wildman–Crippen MR) is 80.4 cm³/mol. The summed E-state index contributed by atoms with van der Waals surface area (Å²) in [6, 6.07) is 0. The topological polar surface area (TPSA) is 114 Å². The van der Waals surface area contributed by atoms with Gasteiger partial charge in [0, 0.05) is 26.4 Å². The van der Waals surface area contributed by atoms with Crippen LogP contribution in [0, 0.1) is 0 Å². The number of epoxide rings is 3. The van der Waals surface area contributed by atoms with Crippen LogP contribution in [0.5, 0.6) is 0 Å². The fourth-order valence-corrected chi connectivity index (χ4v) is 1.23. The lowest BCUT2D eigenvalue weighted by Gasteiger charge is -2.02. The number of ether oxygens (including phenoxy) is 3. The second kappa shape index (κ2) is 12.5. The summed E-state index contributed by atoms with van der Waals surface area (Å²) in [5.41, 5.74) is 9.25. The maximum absolute atomic E-state index is 5.03. The van der Waals surface area contributed by atoms with Crippen LogP contribution in [0.3, 0.4) is 0 Å². The van der Waals surface area contributed by atoms with Crippen molar-refractivity contribution in [2.45, 2.75) is 39.1 Å². The molecule has 0 bridgehead atoms. The number of hydrogen-bond acceptors (Lipinski definition) is 7. The van der Waals surface area contributed by atoms with E-state index in [-0.39, 0.29) is 14.1 Å². The van der Waals surface area contributed by atoms with Gasteiger partial charge >= 0.3 is 0 Å². The molecule has 0 saturated carbocycles. The maximum atomic E-state index is 5.03. The highest BCUT2D eigenvalue weighted by atomic mass is 16.6. The van der Waals surface area contributed by atoms with Crippen LogP contribution in [0.2, 0.25) is 0 Å². The summed E-state index contributed by atoms with van der Waals surface area (Å²) >= 11 is 0. The summed E-state index contributed by atoms with van der Waals surface area (Å²) in [7, 11) is 0. The minimum atomic E-state index is 0. The van der Waals surface area contributed by atoms with E-state index in [1.54, 1.807) is 0 Å². The third-order valence-electron chi connectivity index (χ3n) is 2.66. The zero-order valence-electron chi connectivity index (χ0n) is 11.8. The van der Waals surface area contributed by atoms with Gasteiger partial charge in [-0.1, -0.05) is 14.4 Å². The monoisotopic (exact) mass is 292 g/mol. The van der Waals surface area contributed by atoms with Crippen molar-refractivity contribution in [3.05, 3.63) is 0 Å². The Kier molecular flexibility index (Phi) is 12.3. The van der Waals surface area contributed by atoms with Crippen LogP contribution >= 0.6 is 0 Å². The van der Waals surface area contributed by atoms with Gasteiger partial charge in [-0.05, 0) is 6.42 Å². The van der Waals surface area contributed by atoms with E-state index in [2.05, 4.69) is 29.0 Å². The van der Waals surface area contributed by atoms with Crippen molar-refractivity contribution in [2.75, 3.05) is 46.2 Å². The highest BCUT2D eigenvalue weighted by Gasteiger charge is 2.22. The van der Waals surface area contributed by atoms with Gasteiger partial charge in [-0.2, -0.15) is 0 Å². The Labute approximate surface area is 122 Å². The molecule has 7 nitrogen and oxygen atoms in total. The summed E-state index contributed by atoms with van der Waals surface area (Å²) in [4.78, 5) is 0. The first-order valence-corrected chi connectivity index (χ1v) is 6.96. The van der Waals surface area contributed by atoms with Gasteiger partial charge in [0.25, 0.3) is 0 Å². The molecular weight excluding hydrogens is 260 g/mol. The molecule has 0 radical (unpaired) electrons. The summed E-state index contributed by atoms with van der Waals surface area (Å²) in [5.74, 6) is 0. The third-order valence-corrected chi connectivity index (χ3v) is 2.66. The first kappa shape index (κ1) is 19.7. The van der Waals surface area contributed by atoms with Crippen LogP contribution in [-0.4, -0.2) is 64.6 Å². The van der Waals surface area contributed by atoms with Crippen LogP contribution in [-0.2, 0) is 14.2 Å². The van der Waals surface area contributed by atoms with E-state index in [9.17, 15) is 0 Å². The van der Waals surface area contributed by atoms with Gasteiger partial charge < -0.3 is 36.3 Å². The normalized spacial score (nSPS) is 28.1. The molecule has 3 fully saturated rings. The molecule has 3 heterocycles. The zero-order valence-corrected chi connectivity index (χ0v) is 11.8. The van der Waals surface area contributed by atoms with Crippen LogP contribution in [0.1, 0.15) is 20.8 Å². The maximum Gasteiger partial charge on any atom is 0.0934 e. The smallest absolute Gasteiger partial charge is 0.0934 e. The summed E-state index contributed by atoms with van der Waals surface area (Å²) in [6.45, 7) is 8.06. The van der Waals surface area contributed by atoms with E-state index in [0.29, 0.717) is 18.3 Å². The van der Waals surface area contributed by atoms with Gasteiger partial charge in [-0.15, -0.1) is 0 Å². The Morgan fingerprint density at radius 2 is 1.25 bits per heavy atom. The number of rotatable bonds is 7. The third kappa shape index (κ3) is 14.1. The van der Waals surface area contributed by atoms with Gasteiger partial charge in [0.05, 0.1) is 38.1 Å². The second-order valence-corrected chi connectivity index (χ2v) is 4.60. The lowest BCUT2D eigenvalue weighted by molar-refractivity contribution is 0.379. The Bertz CT molecular complexity index is 196. The van der Waals surface area contributed by atoms with Crippen LogP contribution in [0.4, 0.5) is 0 Å². The summed E-state index contributed by atoms with van der Waals surface area (Å²) in [5, 5.41) is 6.48. The second-order valence-electron chi connectivity index (χ2n) is 4.60. The summed E-state index contributed by atoms with van der Waals surface area (Å²) in [6.07, 6.45) is 2.79. The average Bonchev–Trinajstić information content (AvgIpc) is 3.29. The van der Waals surface area contributed by atoms with Gasteiger partial charge in [0.2, 0.25) is 0 Å². The standard InChI is InChI=1S/C7H14N2O2.C4H8O.CH6N2.CH4/c1(6-3-10-6)8-5-9-2-7-4-11-7;1-2-4-3-5-4;2-1-3;/h6-9H,1-5H2;4H,2-3H2,1H3;1-3H2;1H4. The average molecular weight is 292 g/mol. The van der Waals surface area contributed by atoms with Crippen molar-refractivity contribution in [2.24, 2.45) is 11.5 Å². The molecule has 0 aromatic heterocycles. The predicted octanol–water partition coefficient (Wildman–Crippen LogP) is -0.787. The number of hydrogen-bond donors (Lipinski definition) is 4. The molecule has 20 heavy (non-hydrogen) atoms. The SMILES string of the molecule is C.C(NCC1CO1)NCC1CO1.CCC1CO1.NCN. The molecule has 3 aliphatic heterocycles. The van der Waals surface area contributed by atoms with E-state index in [0.717, 1.165) is 39.6 Å².